The minimum absolute atomic E-state index is 0.0349. The fourth-order valence-corrected chi connectivity index (χ4v) is 1.62. The summed E-state index contributed by atoms with van der Waals surface area (Å²) in [6.07, 6.45) is 4.96. The van der Waals surface area contributed by atoms with Crippen LogP contribution in [-0.2, 0) is 4.79 Å². The Bertz CT molecular complexity index is 329. The Morgan fingerprint density at radius 3 is 2.93 bits per heavy atom. The van der Waals surface area contributed by atoms with Gasteiger partial charge in [0.1, 0.15) is 0 Å². The van der Waals surface area contributed by atoms with Crippen molar-refractivity contribution in [1.82, 2.24) is 15.3 Å². The molecule has 0 radical (unpaired) electrons. The zero-order valence-corrected chi connectivity index (χ0v) is 9.33. The zero-order chi connectivity index (χ0) is 11.1. The number of thioether (sulfide) groups is 1. The predicted octanol–water partition coefficient (Wildman–Crippen LogP) is 1.26. The Labute approximate surface area is 93.2 Å². The maximum Gasteiger partial charge on any atom is 0.233 e. The molecule has 0 spiro atoms. The smallest absolute Gasteiger partial charge is 0.233 e. The van der Waals surface area contributed by atoms with E-state index >= 15 is 0 Å². The van der Waals surface area contributed by atoms with E-state index in [4.69, 9.17) is 0 Å². The topological polar surface area (TPSA) is 54.9 Å². The van der Waals surface area contributed by atoms with Crippen molar-refractivity contribution in [3.8, 4) is 0 Å². The lowest BCUT2D eigenvalue weighted by atomic mass is 10.4. The van der Waals surface area contributed by atoms with E-state index in [-0.39, 0.29) is 11.2 Å². The minimum Gasteiger partial charge on any atom is -0.352 e. The van der Waals surface area contributed by atoms with Crippen LogP contribution < -0.4 is 5.32 Å². The SMILES string of the molecule is C=CCNC(=O)C(C)Sc1ncccn1. The van der Waals surface area contributed by atoms with E-state index in [0.717, 1.165) is 0 Å². The molecule has 0 aliphatic carbocycles. The molecule has 1 aromatic heterocycles. The summed E-state index contributed by atoms with van der Waals surface area (Å²) in [5.74, 6) is -0.0349. The lowest BCUT2D eigenvalue weighted by molar-refractivity contribution is -0.120. The van der Waals surface area contributed by atoms with Crippen LogP contribution in [0.25, 0.3) is 0 Å². The van der Waals surface area contributed by atoms with Gasteiger partial charge in [-0.3, -0.25) is 4.79 Å². The molecular formula is C10H13N3OS. The summed E-state index contributed by atoms with van der Waals surface area (Å²) in [4.78, 5) is 19.5. The van der Waals surface area contributed by atoms with Crippen molar-refractivity contribution in [2.75, 3.05) is 6.54 Å². The summed E-state index contributed by atoms with van der Waals surface area (Å²) >= 11 is 1.33. The van der Waals surface area contributed by atoms with Gasteiger partial charge in [0.15, 0.2) is 5.16 Å². The van der Waals surface area contributed by atoms with Gasteiger partial charge >= 0.3 is 0 Å². The van der Waals surface area contributed by atoms with E-state index in [9.17, 15) is 4.79 Å². The Morgan fingerprint density at radius 2 is 2.33 bits per heavy atom. The first-order valence-electron chi connectivity index (χ1n) is 4.56. The summed E-state index contributed by atoms with van der Waals surface area (Å²) < 4.78 is 0. The number of hydrogen-bond acceptors (Lipinski definition) is 4. The third-order valence-corrected chi connectivity index (χ3v) is 2.60. The molecular weight excluding hydrogens is 210 g/mol. The number of carbonyl (C=O) groups is 1. The molecule has 0 bridgehead atoms. The van der Waals surface area contributed by atoms with Gasteiger partial charge in [0.05, 0.1) is 5.25 Å². The van der Waals surface area contributed by atoms with Crippen molar-refractivity contribution < 1.29 is 4.79 Å². The van der Waals surface area contributed by atoms with Crippen molar-refractivity contribution in [3.63, 3.8) is 0 Å². The van der Waals surface area contributed by atoms with Gasteiger partial charge in [-0.25, -0.2) is 9.97 Å². The number of nitrogens with zero attached hydrogens (tertiary/aromatic N) is 2. The lowest BCUT2D eigenvalue weighted by Crippen LogP contribution is -2.30. The molecule has 5 heteroatoms. The molecule has 1 rings (SSSR count). The third kappa shape index (κ3) is 4.12. The number of carbonyl (C=O) groups excluding carboxylic acids is 1. The maximum absolute atomic E-state index is 11.5. The second-order valence-electron chi connectivity index (χ2n) is 2.83. The summed E-state index contributed by atoms with van der Waals surface area (Å²) in [7, 11) is 0. The van der Waals surface area contributed by atoms with Crippen molar-refractivity contribution in [2.24, 2.45) is 0 Å². The van der Waals surface area contributed by atoms with Crippen LogP contribution >= 0.6 is 11.8 Å². The van der Waals surface area contributed by atoms with E-state index in [1.54, 1.807) is 24.5 Å². The minimum atomic E-state index is -0.202. The quantitative estimate of drug-likeness (QED) is 0.464. The standard InChI is InChI=1S/C10H13N3OS/c1-3-5-11-9(14)8(2)15-10-12-6-4-7-13-10/h3-4,6-8H,1,5H2,2H3,(H,11,14). The number of aromatic nitrogens is 2. The Hall–Kier alpha value is -1.36. The fourth-order valence-electron chi connectivity index (χ4n) is 0.874. The monoisotopic (exact) mass is 223 g/mol. The molecule has 0 aliphatic rings. The fraction of sp³-hybridized carbons (Fsp3) is 0.300. The van der Waals surface area contributed by atoms with Crippen molar-refractivity contribution >= 4 is 17.7 Å². The molecule has 80 valence electrons. The van der Waals surface area contributed by atoms with Gasteiger partial charge in [-0.05, 0) is 13.0 Å². The molecule has 1 heterocycles. The molecule has 1 N–H and O–H groups in total. The van der Waals surface area contributed by atoms with Crippen LogP contribution in [0.1, 0.15) is 6.92 Å². The third-order valence-electron chi connectivity index (χ3n) is 1.61. The van der Waals surface area contributed by atoms with Gasteiger partial charge in [0.25, 0.3) is 0 Å². The highest BCUT2D eigenvalue weighted by Gasteiger charge is 2.14. The van der Waals surface area contributed by atoms with Gasteiger partial charge in [-0.2, -0.15) is 0 Å². The van der Waals surface area contributed by atoms with Gasteiger partial charge in [0.2, 0.25) is 5.91 Å². The Kier molecular flexibility index (Phi) is 4.83. The highest BCUT2D eigenvalue weighted by molar-refractivity contribution is 8.00. The van der Waals surface area contributed by atoms with Crippen molar-refractivity contribution in [2.45, 2.75) is 17.3 Å². The molecule has 1 amide bonds. The molecule has 0 aromatic carbocycles. The summed E-state index contributed by atoms with van der Waals surface area (Å²) in [5, 5.41) is 3.13. The number of hydrogen-bond donors (Lipinski definition) is 1. The number of rotatable bonds is 5. The van der Waals surface area contributed by atoms with Crippen LogP contribution in [0.5, 0.6) is 0 Å². The van der Waals surface area contributed by atoms with E-state index in [1.807, 2.05) is 6.92 Å². The summed E-state index contributed by atoms with van der Waals surface area (Å²) in [5.41, 5.74) is 0. The van der Waals surface area contributed by atoms with Crippen LogP contribution in [0.15, 0.2) is 36.3 Å². The lowest BCUT2D eigenvalue weighted by Gasteiger charge is -2.08. The van der Waals surface area contributed by atoms with Crippen LogP contribution in [0.4, 0.5) is 0 Å². The zero-order valence-electron chi connectivity index (χ0n) is 8.51. The van der Waals surface area contributed by atoms with Crippen LogP contribution in [0.3, 0.4) is 0 Å². The number of nitrogens with one attached hydrogen (secondary N) is 1. The molecule has 0 fully saturated rings. The average Bonchev–Trinajstić information content (AvgIpc) is 2.27. The van der Waals surface area contributed by atoms with E-state index in [2.05, 4.69) is 21.9 Å². The molecule has 0 saturated carbocycles. The van der Waals surface area contributed by atoms with Crippen LogP contribution in [0.2, 0.25) is 0 Å². The molecule has 1 unspecified atom stereocenters. The number of amides is 1. The average molecular weight is 223 g/mol. The van der Waals surface area contributed by atoms with Crippen molar-refractivity contribution in [3.05, 3.63) is 31.1 Å². The van der Waals surface area contributed by atoms with E-state index in [1.165, 1.54) is 11.8 Å². The first-order chi connectivity index (χ1) is 7.24. The first-order valence-corrected chi connectivity index (χ1v) is 5.44. The molecule has 0 saturated heterocycles. The highest BCUT2D eigenvalue weighted by atomic mass is 32.2. The van der Waals surface area contributed by atoms with Crippen LogP contribution in [0, 0.1) is 0 Å². The summed E-state index contributed by atoms with van der Waals surface area (Å²) in [6.45, 7) is 5.83. The van der Waals surface area contributed by atoms with Gasteiger partial charge in [-0.15, -0.1) is 6.58 Å². The van der Waals surface area contributed by atoms with Crippen LogP contribution in [-0.4, -0.2) is 27.7 Å². The Balaban J connectivity index is 2.45. The summed E-state index contributed by atoms with van der Waals surface area (Å²) in [6, 6.07) is 1.74. The van der Waals surface area contributed by atoms with Gasteiger partial charge < -0.3 is 5.32 Å². The van der Waals surface area contributed by atoms with E-state index in [0.29, 0.717) is 11.7 Å². The Morgan fingerprint density at radius 1 is 1.67 bits per heavy atom. The predicted molar refractivity (Wildman–Crippen MR) is 60.6 cm³/mol. The molecule has 0 aliphatic heterocycles. The second-order valence-corrected chi connectivity index (χ2v) is 4.13. The van der Waals surface area contributed by atoms with Crippen molar-refractivity contribution in [1.29, 1.82) is 0 Å². The highest BCUT2D eigenvalue weighted by Crippen LogP contribution is 2.17. The molecule has 1 aromatic rings. The molecule has 15 heavy (non-hydrogen) atoms. The van der Waals surface area contributed by atoms with E-state index < -0.39 is 0 Å². The molecule has 1 atom stereocenters. The second kappa shape index (κ2) is 6.19. The first kappa shape index (κ1) is 11.7. The van der Waals surface area contributed by atoms with Gasteiger partial charge in [0, 0.05) is 18.9 Å². The normalized spacial score (nSPS) is 11.8. The maximum atomic E-state index is 11.5. The largest absolute Gasteiger partial charge is 0.352 e. The van der Waals surface area contributed by atoms with Gasteiger partial charge in [-0.1, -0.05) is 17.8 Å². The molecule has 4 nitrogen and oxygen atoms in total.